The van der Waals surface area contributed by atoms with E-state index in [1.165, 1.54) is 16.6 Å². The van der Waals surface area contributed by atoms with Crippen LogP contribution in [0.1, 0.15) is 22.4 Å². The number of aromatic nitrogens is 2. The summed E-state index contributed by atoms with van der Waals surface area (Å²) in [6.45, 7) is 1.88. The van der Waals surface area contributed by atoms with Crippen molar-refractivity contribution < 1.29 is 9.90 Å². The zero-order chi connectivity index (χ0) is 18.3. The number of hydrogen-bond donors (Lipinski definition) is 3. The molecular weight excluding hydrogens is 370 g/mol. The fourth-order valence-electron chi connectivity index (χ4n) is 3.12. The number of carbonyl (C=O) groups is 1. The fourth-order valence-corrected chi connectivity index (χ4v) is 5.10. The molecule has 0 fully saturated rings. The highest BCUT2D eigenvalue weighted by molar-refractivity contribution is 7.99. The van der Waals surface area contributed by atoms with Gasteiger partial charge in [-0.25, -0.2) is 4.98 Å². The molecule has 3 N–H and O–H groups in total. The van der Waals surface area contributed by atoms with Gasteiger partial charge in [-0.15, -0.1) is 11.3 Å². The predicted molar refractivity (Wildman–Crippen MR) is 104 cm³/mol. The first-order valence-electron chi connectivity index (χ1n) is 8.28. The zero-order valence-electron chi connectivity index (χ0n) is 14.1. The standard InChI is InChI=1S/C18H17N3O3S2/c1-9-5-6-12(22)11(7-9)19-14(23)8-25-18-20-16(24)15-10-3-2-4-13(10)26-17(15)21-18/h5-7,22H,2-4,8H2,1H3,(H,19,23)(H,20,21,24). The van der Waals surface area contributed by atoms with Gasteiger partial charge >= 0.3 is 0 Å². The molecule has 2 heterocycles. The van der Waals surface area contributed by atoms with Gasteiger partial charge in [0.05, 0.1) is 16.8 Å². The maximum absolute atomic E-state index is 12.4. The summed E-state index contributed by atoms with van der Waals surface area (Å²) in [4.78, 5) is 33.8. The molecule has 134 valence electrons. The van der Waals surface area contributed by atoms with Gasteiger partial charge in [0.2, 0.25) is 5.91 Å². The number of nitrogens with zero attached hydrogens (tertiary/aromatic N) is 1. The number of aromatic amines is 1. The summed E-state index contributed by atoms with van der Waals surface area (Å²) in [6.07, 6.45) is 3.05. The molecule has 8 heteroatoms. The minimum atomic E-state index is -0.271. The van der Waals surface area contributed by atoms with E-state index in [2.05, 4.69) is 15.3 Å². The number of thiophene rings is 1. The van der Waals surface area contributed by atoms with Crippen molar-refractivity contribution in [3.05, 3.63) is 44.6 Å². The quantitative estimate of drug-likeness (QED) is 0.363. The van der Waals surface area contributed by atoms with Gasteiger partial charge in [0.15, 0.2) is 5.16 Å². The van der Waals surface area contributed by atoms with Crippen LogP contribution in [0.2, 0.25) is 0 Å². The number of amides is 1. The lowest BCUT2D eigenvalue weighted by molar-refractivity contribution is -0.113. The SMILES string of the molecule is Cc1ccc(O)c(NC(=O)CSc2nc3sc4c(c3c(=O)[nH]2)CCC4)c1. The molecular formula is C18H17N3O3S2. The predicted octanol–water partition coefficient (Wildman–Crippen LogP) is 3.22. The highest BCUT2D eigenvalue weighted by atomic mass is 32.2. The Morgan fingerprint density at radius 2 is 2.27 bits per heavy atom. The Labute approximate surface area is 157 Å². The molecule has 0 radical (unpaired) electrons. The van der Waals surface area contributed by atoms with Crippen LogP contribution in [-0.2, 0) is 17.6 Å². The number of aryl methyl sites for hydroxylation is 3. The Morgan fingerprint density at radius 3 is 3.12 bits per heavy atom. The molecule has 1 aliphatic rings. The molecule has 0 saturated heterocycles. The Kier molecular flexibility index (Phi) is 4.46. The topological polar surface area (TPSA) is 95.1 Å². The molecule has 0 spiro atoms. The number of phenols is 1. The molecule has 0 atom stereocenters. The number of rotatable bonds is 4. The van der Waals surface area contributed by atoms with Gasteiger partial charge in [0.1, 0.15) is 10.6 Å². The maximum Gasteiger partial charge on any atom is 0.260 e. The second-order valence-electron chi connectivity index (χ2n) is 6.27. The maximum atomic E-state index is 12.4. The first-order chi connectivity index (χ1) is 12.5. The van der Waals surface area contributed by atoms with E-state index in [0.717, 1.165) is 35.2 Å². The van der Waals surface area contributed by atoms with Gasteiger partial charge < -0.3 is 15.4 Å². The van der Waals surface area contributed by atoms with Crippen LogP contribution in [-0.4, -0.2) is 26.7 Å². The number of nitrogens with one attached hydrogen (secondary N) is 2. The Balaban J connectivity index is 1.48. The number of carbonyl (C=O) groups excluding carboxylic acids is 1. The Hall–Kier alpha value is -2.32. The van der Waals surface area contributed by atoms with E-state index in [1.807, 2.05) is 6.92 Å². The van der Waals surface area contributed by atoms with E-state index >= 15 is 0 Å². The van der Waals surface area contributed by atoms with Crippen LogP contribution in [0.5, 0.6) is 5.75 Å². The second-order valence-corrected chi connectivity index (χ2v) is 8.31. The minimum Gasteiger partial charge on any atom is -0.506 e. The summed E-state index contributed by atoms with van der Waals surface area (Å²) in [7, 11) is 0. The van der Waals surface area contributed by atoms with E-state index < -0.39 is 0 Å². The molecule has 4 rings (SSSR count). The molecule has 1 amide bonds. The van der Waals surface area contributed by atoms with Crippen molar-refractivity contribution in [3.63, 3.8) is 0 Å². The highest BCUT2D eigenvalue weighted by Crippen LogP contribution is 2.35. The van der Waals surface area contributed by atoms with Crippen LogP contribution in [0.25, 0.3) is 10.2 Å². The number of H-pyrrole nitrogens is 1. The van der Waals surface area contributed by atoms with Gasteiger partial charge in [0.25, 0.3) is 5.56 Å². The van der Waals surface area contributed by atoms with Crippen LogP contribution in [0, 0.1) is 6.92 Å². The van der Waals surface area contributed by atoms with Gasteiger partial charge in [0, 0.05) is 4.88 Å². The van der Waals surface area contributed by atoms with Crippen molar-refractivity contribution in [1.29, 1.82) is 0 Å². The van der Waals surface area contributed by atoms with E-state index in [-0.39, 0.29) is 23.0 Å². The highest BCUT2D eigenvalue weighted by Gasteiger charge is 2.21. The number of fused-ring (bicyclic) bond motifs is 3. The third-order valence-electron chi connectivity index (χ3n) is 4.32. The lowest BCUT2D eigenvalue weighted by atomic mass is 10.2. The molecule has 1 aromatic carbocycles. The third-order valence-corrected chi connectivity index (χ3v) is 6.38. The van der Waals surface area contributed by atoms with Gasteiger partial charge in [-0.1, -0.05) is 17.8 Å². The minimum absolute atomic E-state index is 0.0232. The van der Waals surface area contributed by atoms with Gasteiger partial charge in [-0.3, -0.25) is 9.59 Å². The molecule has 1 aliphatic carbocycles. The lowest BCUT2D eigenvalue weighted by Crippen LogP contribution is -2.15. The van der Waals surface area contributed by atoms with Crippen LogP contribution in [0.15, 0.2) is 28.2 Å². The second kappa shape index (κ2) is 6.77. The number of thioether (sulfide) groups is 1. The third kappa shape index (κ3) is 3.22. The first kappa shape index (κ1) is 17.1. The van der Waals surface area contributed by atoms with Crippen LogP contribution >= 0.6 is 23.1 Å². The summed E-state index contributed by atoms with van der Waals surface area (Å²) < 4.78 is 0. The molecule has 0 saturated carbocycles. The van der Waals surface area contributed by atoms with Crippen molar-refractivity contribution >= 4 is 44.9 Å². The van der Waals surface area contributed by atoms with E-state index in [0.29, 0.717) is 16.2 Å². The van der Waals surface area contributed by atoms with E-state index in [4.69, 9.17) is 0 Å². The summed E-state index contributed by atoms with van der Waals surface area (Å²) >= 11 is 2.75. The zero-order valence-corrected chi connectivity index (χ0v) is 15.7. The van der Waals surface area contributed by atoms with Crippen LogP contribution in [0.4, 0.5) is 5.69 Å². The molecule has 6 nitrogen and oxygen atoms in total. The van der Waals surface area contributed by atoms with Crippen LogP contribution in [0.3, 0.4) is 0 Å². The number of phenolic OH excluding ortho intramolecular Hbond substituents is 1. The normalized spacial score (nSPS) is 13.1. The average Bonchev–Trinajstić information content (AvgIpc) is 3.17. The van der Waals surface area contributed by atoms with E-state index in [1.54, 1.807) is 29.5 Å². The molecule has 3 aromatic rings. The fraction of sp³-hybridized carbons (Fsp3) is 0.278. The van der Waals surface area contributed by atoms with Crippen molar-refractivity contribution in [2.24, 2.45) is 0 Å². The van der Waals surface area contributed by atoms with E-state index in [9.17, 15) is 14.7 Å². The first-order valence-corrected chi connectivity index (χ1v) is 10.1. The van der Waals surface area contributed by atoms with Crippen LogP contribution < -0.4 is 10.9 Å². The van der Waals surface area contributed by atoms with Crippen molar-refractivity contribution in [2.75, 3.05) is 11.1 Å². The molecule has 0 bridgehead atoms. The molecule has 2 aromatic heterocycles. The summed E-state index contributed by atoms with van der Waals surface area (Å²) in [6, 6.07) is 5.01. The monoisotopic (exact) mass is 387 g/mol. The largest absolute Gasteiger partial charge is 0.506 e. The molecule has 0 aliphatic heterocycles. The molecule has 26 heavy (non-hydrogen) atoms. The average molecular weight is 387 g/mol. The number of anilines is 1. The number of hydrogen-bond acceptors (Lipinski definition) is 6. The van der Waals surface area contributed by atoms with Gasteiger partial charge in [-0.05, 0) is 49.4 Å². The number of aromatic hydroxyl groups is 1. The summed E-state index contributed by atoms with van der Waals surface area (Å²) in [5.41, 5.74) is 2.33. The summed E-state index contributed by atoms with van der Waals surface area (Å²) in [5.74, 6) is -0.158. The number of benzene rings is 1. The lowest BCUT2D eigenvalue weighted by Gasteiger charge is -2.08. The van der Waals surface area contributed by atoms with Gasteiger partial charge in [-0.2, -0.15) is 0 Å². The molecule has 0 unspecified atom stereocenters. The van der Waals surface area contributed by atoms with Crippen molar-refractivity contribution in [3.8, 4) is 5.75 Å². The Morgan fingerprint density at radius 1 is 1.42 bits per heavy atom. The smallest absolute Gasteiger partial charge is 0.260 e. The van der Waals surface area contributed by atoms with Crippen molar-refractivity contribution in [1.82, 2.24) is 9.97 Å². The summed E-state index contributed by atoms with van der Waals surface area (Å²) in [5, 5.41) is 13.6. The van der Waals surface area contributed by atoms with Crippen molar-refractivity contribution in [2.45, 2.75) is 31.3 Å². The Bertz CT molecular complexity index is 1070.